The Morgan fingerprint density at radius 1 is 1.24 bits per heavy atom. The van der Waals surface area contributed by atoms with E-state index in [1.807, 2.05) is 0 Å². The number of benzene rings is 1. The molecule has 2 aromatic heterocycles. The highest BCUT2D eigenvalue weighted by molar-refractivity contribution is 7.20. The average molecular weight is 267 g/mol. The highest BCUT2D eigenvalue weighted by Crippen LogP contribution is 2.29. The van der Waals surface area contributed by atoms with Gasteiger partial charge < -0.3 is 11.5 Å². The predicted octanol–water partition coefficient (Wildman–Crippen LogP) is 1.67. The van der Waals surface area contributed by atoms with E-state index in [0.29, 0.717) is 26.6 Å². The Bertz CT molecular complexity index is 703. The monoisotopic (exact) mass is 266 g/mol. The number of hydrogen-bond acceptors (Lipinski definition) is 6. The first kappa shape index (κ1) is 10.3. The Balaban J connectivity index is 2.26. The second-order valence-corrected chi connectivity index (χ2v) is 4.79. The van der Waals surface area contributed by atoms with Crippen molar-refractivity contribution < 1.29 is 0 Å². The van der Waals surface area contributed by atoms with Crippen LogP contribution in [0.5, 0.6) is 0 Å². The zero-order valence-electron chi connectivity index (χ0n) is 8.46. The maximum Gasteiger partial charge on any atom is 0.236 e. The maximum absolute atomic E-state index is 6.11. The molecule has 0 aliphatic rings. The van der Waals surface area contributed by atoms with Crippen LogP contribution in [0.15, 0.2) is 18.2 Å². The number of fused-ring (bicyclic) bond motifs is 1. The molecule has 6 nitrogen and oxygen atoms in total. The van der Waals surface area contributed by atoms with Crippen LogP contribution in [0.3, 0.4) is 0 Å². The van der Waals surface area contributed by atoms with Crippen LogP contribution in [-0.4, -0.2) is 19.8 Å². The molecule has 0 spiro atoms. The SMILES string of the molecule is Nc1ccc(-c2nnc3sc(N)nn23)c(Cl)c1. The third kappa shape index (κ3) is 1.60. The molecule has 3 rings (SSSR count). The van der Waals surface area contributed by atoms with Gasteiger partial charge in [-0.3, -0.25) is 0 Å². The van der Waals surface area contributed by atoms with Gasteiger partial charge in [-0.1, -0.05) is 22.9 Å². The van der Waals surface area contributed by atoms with Crippen molar-refractivity contribution in [2.24, 2.45) is 0 Å². The van der Waals surface area contributed by atoms with E-state index in [9.17, 15) is 0 Å². The van der Waals surface area contributed by atoms with Crippen molar-refractivity contribution in [2.75, 3.05) is 11.5 Å². The lowest BCUT2D eigenvalue weighted by atomic mass is 10.2. The zero-order chi connectivity index (χ0) is 12.0. The number of anilines is 2. The molecule has 0 fully saturated rings. The van der Waals surface area contributed by atoms with Gasteiger partial charge in [0.25, 0.3) is 0 Å². The summed E-state index contributed by atoms with van der Waals surface area (Å²) in [5, 5.41) is 13.1. The van der Waals surface area contributed by atoms with Crippen molar-refractivity contribution in [1.29, 1.82) is 0 Å². The molecule has 0 bridgehead atoms. The second kappa shape index (κ2) is 3.57. The molecule has 0 atom stereocenters. The molecule has 0 aliphatic heterocycles. The summed E-state index contributed by atoms with van der Waals surface area (Å²) < 4.78 is 1.57. The van der Waals surface area contributed by atoms with Gasteiger partial charge in [-0.15, -0.1) is 15.3 Å². The number of hydrogen-bond donors (Lipinski definition) is 2. The van der Waals surface area contributed by atoms with Crippen molar-refractivity contribution in [3.63, 3.8) is 0 Å². The van der Waals surface area contributed by atoms with Crippen LogP contribution < -0.4 is 11.5 Å². The van der Waals surface area contributed by atoms with E-state index >= 15 is 0 Å². The van der Waals surface area contributed by atoms with Crippen molar-refractivity contribution in [3.05, 3.63) is 23.2 Å². The number of nitrogens with two attached hydrogens (primary N) is 2. The van der Waals surface area contributed by atoms with Crippen LogP contribution in [0.2, 0.25) is 5.02 Å². The predicted molar refractivity (Wildman–Crippen MR) is 67.9 cm³/mol. The molecular weight excluding hydrogens is 260 g/mol. The van der Waals surface area contributed by atoms with E-state index in [1.165, 1.54) is 11.3 Å². The first-order chi connectivity index (χ1) is 8.15. The highest BCUT2D eigenvalue weighted by Gasteiger charge is 2.14. The Morgan fingerprint density at radius 3 is 2.82 bits per heavy atom. The summed E-state index contributed by atoms with van der Waals surface area (Å²) in [6.07, 6.45) is 0. The molecule has 86 valence electrons. The molecule has 0 saturated heterocycles. The molecule has 3 aromatic rings. The Morgan fingerprint density at radius 2 is 2.06 bits per heavy atom. The number of rotatable bonds is 1. The van der Waals surface area contributed by atoms with E-state index in [-0.39, 0.29) is 0 Å². The lowest BCUT2D eigenvalue weighted by Gasteiger charge is -2.01. The summed E-state index contributed by atoms with van der Waals surface area (Å²) in [6.45, 7) is 0. The van der Waals surface area contributed by atoms with Crippen LogP contribution in [0.25, 0.3) is 16.3 Å². The summed E-state index contributed by atoms with van der Waals surface area (Å²) in [4.78, 5) is 0.630. The van der Waals surface area contributed by atoms with Gasteiger partial charge in [0, 0.05) is 11.3 Å². The minimum absolute atomic E-state index is 0.433. The fourth-order valence-corrected chi connectivity index (χ4v) is 2.39. The van der Waals surface area contributed by atoms with Crippen LogP contribution in [0, 0.1) is 0 Å². The lowest BCUT2D eigenvalue weighted by molar-refractivity contribution is 0.973. The van der Waals surface area contributed by atoms with Crippen LogP contribution in [0.4, 0.5) is 10.8 Å². The van der Waals surface area contributed by atoms with Gasteiger partial charge in [-0.2, -0.15) is 4.52 Å². The van der Waals surface area contributed by atoms with Crippen molar-refractivity contribution in [1.82, 2.24) is 19.8 Å². The third-order valence-electron chi connectivity index (χ3n) is 2.24. The van der Waals surface area contributed by atoms with Crippen LogP contribution >= 0.6 is 22.9 Å². The lowest BCUT2D eigenvalue weighted by Crippen LogP contribution is -1.94. The molecule has 1 aromatic carbocycles. The second-order valence-electron chi connectivity index (χ2n) is 3.40. The van der Waals surface area contributed by atoms with Crippen molar-refractivity contribution >= 4 is 38.7 Å². The van der Waals surface area contributed by atoms with E-state index < -0.39 is 0 Å². The quantitative estimate of drug-likeness (QED) is 0.653. The minimum Gasteiger partial charge on any atom is -0.399 e. The molecule has 0 amide bonds. The topological polar surface area (TPSA) is 95.1 Å². The summed E-state index contributed by atoms with van der Waals surface area (Å²) in [5.74, 6) is 0.554. The van der Waals surface area contributed by atoms with Crippen molar-refractivity contribution in [3.8, 4) is 11.4 Å². The van der Waals surface area contributed by atoms with Gasteiger partial charge in [-0.25, -0.2) is 0 Å². The van der Waals surface area contributed by atoms with Crippen molar-refractivity contribution in [2.45, 2.75) is 0 Å². The largest absolute Gasteiger partial charge is 0.399 e. The van der Waals surface area contributed by atoms with Crippen LogP contribution in [-0.2, 0) is 0 Å². The molecule has 0 saturated carbocycles. The van der Waals surface area contributed by atoms with Gasteiger partial charge in [0.15, 0.2) is 5.82 Å². The molecule has 8 heteroatoms. The highest BCUT2D eigenvalue weighted by atomic mass is 35.5. The van der Waals surface area contributed by atoms with Gasteiger partial charge in [0.1, 0.15) is 0 Å². The third-order valence-corrected chi connectivity index (χ3v) is 3.28. The van der Waals surface area contributed by atoms with E-state index in [4.69, 9.17) is 23.1 Å². The van der Waals surface area contributed by atoms with Gasteiger partial charge in [-0.05, 0) is 18.2 Å². The standard InChI is InChI=1S/C9H7ClN6S/c10-6-3-4(11)1-2-5(6)7-13-14-9-16(7)15-8(12)17-9/h1-3H,11H2,(H2,12,15). The van der Waals surface area contributed by atoms with E-state index in [2.05, 4.69) is 15.3 Å². The smallest absolute Gasteiger partial charge is 0.236 e. The fraction of sp³-hybridized carbons (Fsp3) is 0. The summed E-state index contributed by atoms with van der Waals surface area (Å²) in [7, 11) is 0. The summed E-state index contributed by atoms with van der Waals surface area (Å²) in [5.41, 5.74) is 12.6. The normalized spacial score (nSPS) is 11.1. The van der Waals surface area contributed by atoms with E-state index in [1.54, 1.807) is 22.7 Å². The first-order valence-electron chi connectivity index (χ1n) is 4.68. The number of halogens is 1. The molecule has 0 aliphatic carbocycles. The number of nitrogens with zero attached hydrogens (tertiary/aromatic N) is 4. The molecule has 0 radical (unpaired) electrons. The van der Waals surface area contributed by atoms with Gasteiger partial charge in [0.05, 0.1) is 5.02 Å². The molecular formula is C9H7ClN6S. The number of aromatic nitrogens is 4. The Labute approximate surface area is 105 Å². The van der Waals surface area contributed by atoms with E-state index in [0.717, 1.165) is 5.56 Å². The molecule has 17 heavy (non-hydrogen) atoms. The first-order valence-corrected chi connectivity index (χ1v) is 5.88. The summed E-state index contributed by atoms with van der Waals surface area (Å²) in [6, 6.07) is 5.19. The number of nitrogen functional groups attached to an aromatic ring is 2. The fourth-order valence-electron chi connectivity index (χ4n) is 1.51. The molecule has 2 heterocycles. The van der Waals surface area contributed by atoms with Gasteiger partial charge in [0.2, 0.25) is 10.1 Å². The Hall–Kier alpha value is -1.86. The summed E-state index contributed by atoms with van der Waals surface area (Å²) >= 11 is 7.38. The average Bonchev–Trinajstić information content (AvgIpc) is 2.78. The Kier molecular flexibility index (Phi) is 2.17. The maximum atomic E-state index is 6.11. The van der Waals surface area contributed by atoms with Gasteiger partial charge >= 0.3 is 0 Å². The molecule has 0 unspecified atom stereocenters. The zero-order valence-corrected chi connectivity index (χ0v) is 10.0. The minimum atomic E-state index is 0.433. The molecule has 4 N–H and O–H groups in total. The van der Waals surface area contributed by atoms with Crippen LogP contribution in [0.1, 0.15) is 0 Å².